The number of aliphatic hydroxyl groups is 3. The van der Waals surface area contributed by atoms with E-state index in [2.05, 4.69) is 44.1 Å². The van der Waals surface area contributed by atoms with Crippen molar-refractivity contribution in [2.75, 3.05) is 0 Å². The highest BCUT2D eigenvalue weighted by Crippen LogP contribution is 2.59. The van der Waals surface area contributed by atoms with Gasteiger partial charge < -0.3 is 15.3 Å². The number of fused-ring (bicyclic) bond motifs is 1. The zero-order valence-corrected chi connectivity index (χ0v) is 21.0. The molecule has 0 saturated heterocycles. The molecule has 3 rings (SSSR count). The number of aliphatic hydroxyl groups excluding tert-OH is 2. The Balaban J connectivity index is 1.70. The van der Waals surface area contributed by atoms with Gasteiger partial charge in [0, 0.05) is 12.8 Å². The third-order valence-corrected chi connectivity index (χ3v) is 8.93. The molecule has 3 heteroatoms. The fourth-order valence-electron chi connectivity index (χ4n) is 6.44. The zero-order chi connectivity index (χ0) is 24.2. The van der Waals surface area contributed by atoms with Gasteiger partial charge in [-0.15, -0.1) is 0 Å². The van der Waals surface area contributed by atoms with Crippen molar-refractivity contribution in [2.45, 2.75) is 109 Å². The van der Waals surface area contributed by atoms with E-state index in [-0.39, 0.29) is 5.41 Å². The van der Waals surface area contributed by atoms with E-state index in [9.17, 15) is 15.3 Å². The van der Waals surface area contributed by atoms with Crippen LogP contribution in [0.5, 0.6) is 0 Å². The van der Waals surface area contributed by atoms with Crippen molar-refractivity contribution in [1.82, 2.24) is 0 Å². The summed E-state index contributed by atoms with van der Waals surface area (Å²) in [4.78, 5) is 0. The summed E-state index contributed by atoms with van der Waals surface area (Å²) in [6, 6.07) is 0. The Morgan fingerprint density at radius 3 is 2.64 bits per heavy atom. The summed E-state index contributed by atoms with van der Waals surface area (Å²) in [6.45, 7) is 14.9. The Hall–Kier alpha value is -1.60. The second kappa shape index (κ2) is 10.8. The molecule has 0 heterocycles. The van der Waals surface area contributed by atoms with E-state index in [4.69, 9.17) is 0 Å². The molecule has 0 aliphatic heterocycles. The summed E-state index contributed by atoms with van der Waals surface area (Å²) in [5.74, 6) is 7.61. The normalized spacial score (nSPS) is 34.8. The van der Waals surface area contributed by atoms with E-state index < -0.39 is 17.8 Å². The molecule has 182 valence electrons. The van der Waals surface area contributed by atoms with Gasteiger partial charge in [0.15, 0.2) is 0 Å². The molecule has 0 aromatic heterocycles. The Morgan fingerprint density at radius 2 is 1.94 bits per heavy atom. The highest BCUT2D eigenvalue weighted by Gasteiger charge is 2.49. The van der Waals surface area contributed by atoms with Crippen LogP contribution in [-0.4, -0.2) is 33.1 Å². The van der Waals surface area contributed by atoms with Crippen molar-refractivity contribution in [3.05, 3.63) is 47.6 Å². The van der Waals surface area contributed by atoms with Crippen LogP contribution in [0, 0.1) is 29.1 Å². The smallest absolute Gasteiger partial charge is 0.0811 e. The molecule has 3 saturated carbocycles. The molecule has 0 radical (unpaired) electrons. The lowest BCUT2D eigenvalue weighted by Gasteiger charge is -2.42. The van der Waals surface area contributed by atoms with Crippen LogP contribution in [-0.2, 0) is 0 Å². The number of allylic oxidation sites excluding steroid dienone is 4. The predicted octanol–water partition coefficient (Wildman–Crippen LogP) is 6.02. The lowest BCUT2D eigenvalue weighted by atomic mass is 9.62. The first kappa shape index (κ1) is 26.0. The largest absolute Gasteiger partial charge is 0.393 e. The topological polar surface area (TPSA) is 60.7 Å². The SMILES string of the molecule is C=C(C#CCCC(O)(CC)CC)[C@H]1CC[C@H]2/C(=C/C=C3\C[C@@H](O)C[C@H](O)C3=C)CCC[C@]12C. The number of hydrogen-bond acceptors (Lipinski definition) is 3. The van der Waals surface area contributed by atoms with Crippen LogP contribution < -0.4 is 0 Å². The zero-order valence-electron chi connectivity index (χ0n) is 21.0. The fourth-order valence-corrected chi connectivity index (χ4v) is 6.44. The van der Waals surface area contributed by atoms with E-state index in [0.29, 0.717) is 31.1 Å². The monoisotopic (exact) mass is 452 g/mol. The predicted molar refractivity (Wildman–Crippen MR) is 136 cm³/mol. The molecule has 3 N–H and O–H groups in total. The Kier molecular flexibility index (Phi) is 8.49. The maximum absolute atomic E-state index is 10.5. The maximum Gasteiger partial charge on any atom is 0.0811 e. The molecule has 3 aliphatic rings. The van der Waals surface area contributed by atoms with Crippen molar-refractivity contribution in [1.29, 1.82) is 0 Å². The van der Waals surface area contributed by atoms with Crippen molar-refractivity contribution in [3.63, 3.8) is 0 Å². The van der Waals surface area contributed by atoms with Crippen molar-refractivity contribution in [3.8, 4) is 11.8 Å². The van der Waals surface area contributed by atoms with Crippen molar-refractivity contribution >= 4 is 0 Å². The molecule has 0 aromatic carbocycles. The highest BCUT2D eigenvalue weighted by atomic mass is 16.3. The van der Waals surface area contributed by atoms with Crippen LogP contribution in [0.3, 0.4) is 0 Å². The van der Waals surface area contributed by atoms with Crippen LogP contribution in [0.2, 0.25) is 0 Å². The minimum Gasteiger partial charge on any atom is -0.393 e. The minimum atomic E-state index is -0.640. The summed E-state index contributed by atoms with van der Waals surface area (Å²) in [7, 11) is 0. The van der Waals surface area contributed by atoms with E-state index in [0.717, 1.165) is 55.2 Å². The second-order valence-electron chi connectivity index (χ2n) is 10.9. The minimum absolute atomic E-state index is 0.185. The quantitative estimate of drug-likeness (QED) is 0.432. The molecule has 33 heavy (non-hydrogen) atoms. The summed E-state index contributed by atoms with van der Waals surface area (Å²) in [5, 5.41) is 30.7. The Morgan fingerprint density at radius 1 is 1.21 bits per heavy atom. The van der Waals surface area contributed by atoms with Gasteiger partial charge in [0.05, 0.1) is 17.8 Å². The lowest BCUT2D eigenvalue weighted by molar-refractivity contribution is 0.0251. The van der Waals surface area contributed by atoms with Gasteiger partial charge in [0.1, 0.15) is 0 Å². The Bertz CT molecular complexity index is 863. The molecule has 0 amide bonds. The lowest BCUT2D eigenvalue weighted by Crippen LogP contribution is -2.33. The average Bonchev–Trinajstić information content (AvgIpc) is 3.15. The molecule has 0 aromatic rings. The van der Waals surface area contributed by atoms with Gasteiger partial charge in [-0.2, -0.15) is 0 Å². The third-order valence-electron chi connectivity index (χ3n) is 8.93. The summed E-state index contributed by atoms with van der Waals surface area (Å²) in [5.41, 5.74) is 3.87. The van der Waals surface area contributed by atoms with Gasteiger partial charge in [-0.05, 0) is 91.8 Å². The van der Waals surface area contributed by atoms with E-state index in [1.54, 1.807) is 0 Å². The van der Waals surface area contributed by atoms with Gasteiger partial charge in [0.2, 0.25) is 0 Å². The van der Waals surface area contributed by atoms with Gasteiger partial charge in [-0.3, -0.25) is 0 Å². The first-order chi connectivity index (χ1) is 15.6. The van der Waals surface area contributed by atoms with Crippen LogP contribution in [0.25, 0.3) is 0 Å². The molecular weight excluding hydrogens is 408 g/mol. The summed E-state index contributed by atoms with van der Waals surface area (Å²) < 4.78 is 0. The molecule has 0 spiro atoms. The van der Waals surface area contributed by atoms with Gasteiger partial charge in [-0.1, -0.05) is 63.5 Å². The third kappa shape index (κ3) is 5.73. The van der Waals surface area contributed by atoms with Gasteiger partial charge in [0.25, 0.3) is 0 Å². The first-order valence-corrected chi connectivity index (χ1v) is 13.0. The molecule has 0 unspecified atom stereocenters. The molecule has 5 atom stereocenters. The van der Waals surface area contributed by atoms with Crippen LogP contribution >= 0.6 is 0 Å². The molecule has 3 fully saturated rings. The van der Waals surface area contributed by atoms with E-state index in [1.165, 1.54) is 18.4 Å². The van der Waals surface area contributed by atoms with E-state index in [1.807, 2.05) is 13.8 Å². The summed E-state index contributed by atoms with van der Waals surface area (Å²) >= 11 is 0. The second-order valence-corrected chi connectivity index (χ2v) is 10.9. The van der Waals surface area contributed by atoms with Gasteiger partial charge in [-0.25, -0.2) is 0 Å². The van der Waals surface area contributed by atoms with Crippen LogP contribution in [0.15, 0.2) is 47.6 Å². The van der Waals surface area contributed by atoms with Crippen molar-refractivity contribution < 1.29 is 15.3 Å². The van der Waals surface area contributed by atoms with Gasteiger partial charge >= 0.3 is 0 Å². The molecule has 3 nitrogen and oxygen atoms in total. The standard InChI is InChI=1S/C30H44O3/c1-6-30(33,7-2)18-9-8-11-21(3)26-15-16-27-23(12-10-17-29(26,27)5)13-14-24-19-25(31)20-28(32)22(24)4/h13-14,25-28,31-33H,3-4,6-7,9-10,12,15-20H2,1-2,5H3/b23-13+,24-14+/t25-,26-,27+,28+,29-/m1/s1. The molecule has 0 bridgehead atoms. The Labute approximate surface area is 201 Å². The number of rotatable bonds is 6. The summed E-state index contributed by atoms with van der Waals surface area (Å²) in [6.07, 6.45) is 12.9. The van der Waals surface area contributed by atoms with Crippen LogP contribution in [0.1, 0.15) is 91.4 Å². The first-order valence-electron chi connectivity index (χ1n) is 13.0. The molecular formula is C30H44O3. The average molecular weight is 453 g/mol. The van der Waals surface area contributed by atoms with E-state index >= 15 is 0 Å². The maximum atomic E-state index is 10.5. The fraction of sp³-hybridized carbons (Fsp3) is 0.667. The van der Waals surface area contributed by atoms with Crippen molar-refractivity contribution in [2.24, 2.45) is 17.3 Å². The number of hydrogen-bond donors (Lipinski definition) is 3. The highest BCUT2D eigenvalue weighted by molar-refractivity contribution is 5.39. The molecule has 3 aliphatic carbocycles. The van der Waals surface area contributed by atoms with Crippen LogP contribution in [0.4, 0.5) is 0 Å².